The van der Waals surface area contributed by atoms with Gasteiger partial charge in [0.05, 0.1) is 6.61 Å². The van der Waals surface area contributed by atoms with Gasteiger partial charge in [-0.25, -0.2) is 9.18 Å². The van der Waals surface area contributed by atoms with Gasteiger partial charge in [-0.2, -0.15) is 0 Å². The third kappa shape index (κ3) is 6.75. The quantitative estimate of drug-likeness (QED) is 0.803. The Morgan fingerprint density at radius 1 is 1.36 bits per heavy atom. The Morgan fingerprint density at radius 2 is 1.95 bits per heavy atom. The summed E-state index contributed by atoms with van der Waals surface area (Å²) in [5, 5.41) is 8.65. The topological polar surface area (TPSA) is 49.8 Å². The summed E-state index contributed by atoms with van der Waals surface area (Å²) in [6.45, 7) is 7.24. The van der Waals surface area contributed by atoms with Crippen molar-refractivity contribution in [2.45, 2.75) is 45.8 Å². The highest BCUT2D eigenvalue weighted by Crippen LogP contribution is 2.17. The van der Waals surface area contributed by atoms with E-state index in [4.69, 9.17) is 9.84 Å². The SMILES string of the molecule is CC(C)(C)OC(=O)N1CCCC1.OCc1cc(F)ccc1Br. The number of ether oxygens (including phenoxy) is 1. The Bertz CT molecular complexity index is 497. The minimum absolute atomic E-state index is 0.141. The molecule has 124 valence electrons. The summed E-state index contributed by atoms with van der Waals surface area (Å²) in [7, 11) is 0. The molecule has 0 atom stereocenters. The van der Waals surface area contributed by atoms with Crippen LogP contribution in [0.1, 0.15) is 39.2 Å². The molecule has 0 bridgehead atoms. The molecule has 4 nitrogen and oxygen atoms in total. The Kier molecular flexibility index (Phi) is 7.29. The lowest BCUT2D eigenvalue weighted by molar-refractivity contribution is 0.0295. The number of rotatable bonds is 1. The van der Waals surface area contributed by atoms with Gasteiger partial charge in [-0.3, -0.25) is 0 Å². The lowest BCUT2D eigenvalue weighted by atomic mass is 10.2. The third-order valence-electron chi connectivity index (χ3n) is 2.94. The number of carbonyl (C=O) groups is 1. The molecule has 1 N–H and O–H groups in total. The number of nitrogens with zero attached hydrogens (tertiary/aromatic N) is 1. The van der Waals surface area contributed by atoms with Crippen molar-refractivity contribution < 1.29 is 19.0 Å². The Balaban J connectivity index is 0.000000224. The first-order valence-corrected chi connectivity index (χ1v) is 8.05. The zero-order valence-corrected chi connectivity index (χ0v) is 14.8. The predicted molar refractivity (Wildman–Crippen MR) is 87.1 cm³/mol. The molecule has 1 aromatic carbocycles. The molecule has 0 aliphatic carbocycles. The van der Waals surface area contributed by atoms with Gasteiger partial charge in [-0.1, -0.05) is 15.9 Å². The largest absolute Gasteiger partial charge is 0.444 e. The lowest BCUT2D eigenvalue weighted by Crippen LogP contribution is -2.34. The first-order valence-electron chi connectivity index (χ1n) is 7.25. The van der Waals surface area contributed by atoms with E-state index < -0.39 is 0 Å². The van der Waals surface area contributed by atoms with Crippen LogP contribution in [0.25, 0.3) is 0 Å². The zero-order valence-electron chi connectivity index (χ0n) is 13.2. The van der Waals surface area contributed by atoms with Gasteiger partial charge in [0.2, 0.25) is 0 Å². The van der Waals surface area contributed by atoms with Crippen LogP contribution in [0.15, 0.2) is 22.7 Å². The van der Waals surface area contributed by atoms with Crippen molar-refractivity contribution in [3.8, 4) is 0 Å². The molecule has 0 saturated carbocycles. The predicted octanol–water partition coefficient (Wildman–Crippen LogP) is 4.10. The molecule has 1 aliphatic heterocycles. The monoisotopic (exact) mass is 375 g/mol. The van der Waals surface area contributed by atoms with Crippen LogP contribution >= 0.6 is 15.9 Å². The van der Waals surface area contributed by atoms with Crippen molar-refractivity contribution in [3.05, 3.63) is 34.1 Å². The van der Waals surface area contributed by atoms with E-state index in [1.807, 2.05) is 20.8 Å². The maximum atomic E-state index is 12.4. The second-order valence-electron chi connectivity index (χ2n) is 6.07. The Labute approximate surface area is 139 Å². The number of hydrogen-bond acceptors (Lipinski definition) is 3. The summed E-state index contributed by atoms with van der Waals surface area (Å²) in [6, 6.07) is 4.20. The molecular formula is C16H23BrFNO3. The van der Waals surface area contributed by atoms with E-state index in [0.717, 1.165) is 30.4 Å². The number of benzene rings is 1. The van der Waals surface area contributed by atoms with Gasteiger partial charge in [0, 0.05) is 17.6 Å². The second-order valence-corrected chi connectivity index (χ2v) is 6.92. The number of aliphatic hydroxyl groups excluding tert-OH is 1. The normalized spacial score (nSPS) is 14.4. The van der Waals surface area contributed by atoms with Gasteiger partial charge in [-0.05, 0) is 57.4 Å². The first kappa shape index (κ1) is 18.9. The maximum absolute atomic E-state index is 12.4. The number of halogens is 2. The molecule has 1 saturated heterocycles. The molecule has 2 rings (SSSR count). The number of likely N-dealkylation sites (tertiary alicyclic amines) is 1. The Morgan fingerprint density at radius 3 is 2.41 bits per heavy atom. The van der Waals surface area contributed by atoms with Crippen molar-refractivity contribution in [2.24, 2.45) is 0 Å². The van der Waals surface area contributed by atoms with Crippen LogP contribution in [0.3, 0.4) is 0 Å². The van der Waals surface area contributed by atoms with Crippen LogP contribution in [0, 0.1) is 5.82 Å². The summed E-state index contributed by atoms with van der Waals surface area (Å²) in [6.07, 6.45) is 2.05. The van der Waals surface area contributed by atoms with Crippen molar-refractivity contribution in [1.82, 2.24) is 4.90 Å². The molecule has 1 heterocycles. The smallest absolute Gasteiger partial charge is 0.410 e. The summed E-state index contributed by atoms with van der Waals surface area (Å²) in [4.78, 5) is 13.1. The highest BCUT2D eigenvalue weighted by atomic mass is 79.9. The number of carbonyl (C=O) groups excluding carboxylic acids is 1. The number of aliphatic hydroxyl groups is 1. The fourth-order valence-corrected chi connectivity index (χ4v) is 2.26. The van der Waals surface area contributed by atoms with E-state index in [0.29, 0.717) is 5.56 Å². The fraction of sp³-hybridized carbons (Fsp3) is 0.562. The van der Waals surface area contributed by atoms with Crippen molar-refractivity contribution in [3.63, 3.8) is 0 Å². The number of hydrogen-bond donors (Lipinski definition) is 1. The summed E-state index contributed by atoms with van der Waals surface area (Å²) in [5.74, 6) is -0.327. The first-order chi connectivity index (χ1) is 10.2. The molecule has 0 radical (unpaired) electrons. The molecule has 1 aliphatic rings. The molecule has 0 aromatic heterocycles. The maximum Gasteiger partial charge on any atom is 0.410 e. The molecule has 1 fully saturated rings. The van der Waals surface area contributed by atoms with E-state index in [2.05, 4.69) is 15.9 Å². The molecule has 0 unspecified atom stereocenters. The van der Waals surface area contributed by atoms with Crippen LogP contribution in [0.4, 0.5) is 9.18 Å². The van der Waals surface area contributed by atoms with Crippen LogP contribution in [0.5, 0.6) is 0 Å². The van der Waals surface area contributed by atoms with E-state index in [-0.39, 0.29) is 24.1 Å². The molecule has 0 spiro atoms. The van der Waals surface area contributed by atoms with Gasteiger partial charge >= 0.3 is 6.09 Å². The van der Waals surface area contributed by atoms with E-state index in [9.17, 15) is 9.18 Å². The van der Waals surface area contributed by atoms with E-state index in [1.165, 1.54) is 12.1 Å². The minimum atomic E-state index is -0.361. The average Bonchev–Trinajstić information content (AvgIpc) is 2.94. The van der Waals surface area contributed by atoms with Crippen LogP contribution < -0.4 is 0 Å². The molecule has 1 amide bonds. The molecule has 6 heteroatoms. The van der Waals surface area contributed by atoms with Crippen LogP contribution in [-0.2, 0) is 11.3 Å². The fourth-order valence-electron chi connectivity index (χ4n) is 1.89. The standard InChI is InChI=1S/C9H17NO2.C7H6BrFO/c1-9(2,3)12-8(11)10-6-4-5-7-10;8-7-2-1-6(9)3-5(7)4-10/h4-7H2,1-3H3;1-3,10H,4H2. The van der Waals surface area contributed by atoms with E-state index >= 15 is 0 Å². The highest BCUT2D eigenvalue weighted by Gasteiger charge is 2.23. The van der Waals surface area contributed by atoms with Crippen molar-refractivity contribution in [2.75, 3.05) is 13.1 Å². The minimum Gasteiger partial charge on any atom is -0.444 e. The Hall–Kier alpha value is -1.14. The van der Waals surface area contributed by atoms with Gasteiger partial charge < -0.3 is 14.7 Å². The average molecular weight is 376 g/mol. The molecular weight excluding hydrogens is 353 g/mol. The summed E-state index contributed by atoms with van der Waals surface area (Å²) >= 11 is 3.16. The number of amides is 1. The third-order valence-corrected chi connectivity index (χ3v) is 3.71. The van der Waals surface area contributed by atoms with Gasteiger partial charge in [0.15, 0.2) is 0 Å². The van der Waals surface area contributed by atoms with Gasteiger partial charge in [-0.15, -0.1) is 0 Å². The van der Waals surface area contributed by atoms with Crippen LogP contribution in [0.2, 0.25) is 0 Å². The lowest BCUT2D eigenvalue weighted by Gasteiger charge is -2.23. The zero-order chi connectivity index (χ0) is 16.8. The van der Waals surface area contributed by atoms with Crippen molar-refractivity contribution >= 4 is 22.0 Å². The summed E-state index contributed by atoms with van der Waals surface area (Å²) < 4.78 is 18.3. The molecule has 22 heavy (non-hydrogen) atoms. The second kappa shape index (κ2) is 8.48. The van der Waals surface area contributed by atoms with E-state index in [1.54, 1.807) is 11.0 Å². The van der Waals surface area contributed by atoms with Gasteiger partial charge in [0.25, 0.3) is 0 Å². The van der Waals surface area contributed by atoms with Crippen molar-refractivity contribution in [1.29, 1.82) is 0 Å². The molecule has 1 aromatic rings. The summed E-state index contributed by atoms with van der Waals surface area (Å²) in [5.41, 5.74) is 0.208. The van der Waals surface area contributed by atoms with Crippen LogP contribution in [-0.4, -0.2) is 34.8 Å². The van der Waals surface area contributed by atoms with Gasteiger partial charge in [0.1, 0.15) is 11.4 Å². The highest BCUT2D eigenvalue weighted by molar-refractivity contribution is 9.10.